The number of halogens is 1. The molecule has 2 aliphatic heterocycles. The predicted molar refractivity (Wildman–Crippen MR) is 108 cm³/mol. The molecule has 1 N–H and O–H groups in total. The van der Waals surface area contributed by atoms with E-state index in [-0.39, 0.29) is 18.1 Å². The molecule has 1 unspecified atom stereocenters. The van der Waals surface area contributed by atoms with Gasteiger partial charge in [-0.1, -0.05) is 6.07 Å². The van der Waals surface area contributed by atoms with Crippen LogP contribution in [0.3, 0.4) is 0 Å². The molecule has 6 nitrogen and oxygen atoms in total. The van der Waals surface area contributed by atoms with Gasteiger partial charge in [0.2, 0.25) is 6.79 Å². The van der Waals surface area contributed by atoms with E-state index in [9.17, 15) is 19.1 Å². The summed E-state index contributed by atoms with van der Waals surface area (Å²) in [6.45, 7) is 0.0731. The Bertz CT molecular complexity index is 1190. The minimum absolute atomic E-state index is 0.0364. The van der Waals surface area contributed by atoms with Crippen molar-refractivity contribution in [1.82, 2.24) is 0 Å². The van der Waals surface area contributed by atoms with Gasteiger partial charge in [-0.25, -0.2) is 4.39 Å². The van der Waals surface area contributed by atoms with Crippen LogP contribution in [-0.4, -0.2) is 23.6 Å². The second-order valence-corrected chi connectivity index (χ2v) is 7.71. The number of Topliss-reactive ketones (excluding diaryl/α,β-unsaturated/α-hetero) is 1. The molecule has 3 heterocycles. The summed E-state index contributed by atoms with van der Waals surface area (Å²) >= 11 is 1.35. The Labute approximate surface area is 174 Å². The van der Waals surface area contributed by atoms with E-state index in [0.717, 1.165) is 0 Å². The molecule has 2 aromatic carbocycles. The van der Waals surface area contributed by atoms with Gasteiger partial charge in [0, 0.05) is 16.1 Å². The lowest BCUT2D eigenvalue weighted by Crippen LogP contribution is -2.29. The monoisotopic (exact) mass is 423 g/mol. The van der Waals surface area contributed by atoms with E-state index in [2.05, 4.69) is 0 Å². The van der Waals surface area contributed by atoms with Crippen LogP contribution in [-0.2, 0) is 9.59 Å². The fourth-order valence-corrected chi connectivity index (χ4v) is 4.44. The van der Waals surface area contributed by atoms with Crippen molar-refractivity contribution in [1.29, 1.82) is 0 Å². The average Bonchev–Trinajstić information content (AvgIpc) is 3.48. The van der Waals surface area contributed by atoms with Gasteiger partial charge in [-0.05, 0) is 53.9 Å². The summed E-state index contributed by atoms with van der Waals surface area (Å²) in [5, 5.41) is 12.9. The number of fused-ring (bicyclic) bond motifs is 1. The number of anilines is 1. The number of ketones is 1. The first-order valence-electron chi connectivity index (χ1n) is 9.04. The highest BCUT2D eigenvalue weighted by molar-refractivity contribution is 7.10. The van der Waals surface area contributed by atoms with Crippen LogP contribution in [0.2, 0.25) is 0 Å². The first-order chi connectivity index (χ1) is 14.5. The normalized spacial score (nSPS) is 19.5. The second-order valence-electron chi connectivity index (χ2n) is 6.73. The van der Waals surface area contributed by atoms with Gasteiger partial charge in [0.1, 0.15) is 17.6 Å². The SMILES string of the molecule is O=C1C(=O)N(c2ccc(F)cc2)C(c2cccs2)/C1=C(/O)c1ccc2c(c1)OCO2. The van der Waals surface area contributed by atoms with Crippen molar-refractivity contribution in [2.45, 2.75) is 6.04 Å². The minimum Gasteiger partial charge on any atom is -0.507 e. The number of amides is 1. The van der Waals surface area contributed by atoms with Crippen LogP contribution in [0.4, 0.5) is 10.1 Å². The Morgan fingerprint density at radius 2 is 1.83 bits per heavy atom. The number of carbonyl (C=O) groups is 2. The fourth-order valence-electron chi connectivity index (χ4n) is 3.62. The van der Waals surface area contributed by atoms with Gasteiger partial charge >= 0.3 is 0 Å². The maximum atomic E-state index is 13.4. The maximum Gasteiger partial charge on any atom is 0.300 e. The van der Waals surface area contributed by atoms with E-state index in [4.69, 9.17) is 9.47 Å². The molecule has 3 aromatic rings. The topological polar surface area (TPSA) is 76.1 Å². The molecular weight excluding hydrogens is 409 g/mol. The van der Waals surface area contributed by atoms with Crippen LogP contribution >= 0.6 is 11.3 Å². The third-order valence-electron chi connectivity index (χ3n) is 5.01. The minimum atomic E-state index is -0.833. The van der Waals surface area contributed by atoms with Gasteiger partial charge in [-0.3, -0.25) is 14.5 Å². The molecule has 1 saturated heterocycles. The number of aliphatic hydroxyl groups excluding tert-OH is 1. The highest BCUT2D eigenvalue weighted by atomic mass is 32.1. The molecule has 0 spiro atoms. The van der Waals surface area contributed by atoms with Crippen LogP contribution in [0.25, 0.3) is 5.76 Å². The molecule has 30 heavy (non-hydrogen) atoms. The molecule has 5 rings (SSSR count). The second kappa shape index (κ2) is 7.00. The molecule has 8 heteroatoms. The Morgan fingerprint density at radius 1 is 1.07 bits per heavy atom. The summed E-state index contributed by atoms with van der Waals surface area (Å²) in [4.78, 5) is 27.9. The van der Waals surface area contributed by atoms with Crippen LogP contribution in [0.15, 0.2) is 65.6 Å². The van der Waals surface area contributed by atoms with Gasteiger partial charge in [0.25, 0.3) is 11.7 Å². The van der Waals surface area contributed by atoms with E-state index in [1.165, 1.54) is 40.5 Å². The number of hydrogen-bond acceptors (Lipinski definition) is 6. The summed E-state index contributed by atoms with van der Waals surface area (Å²) in [6, 6.07) is 12.8. The summed E-state index contributed by atoms with van der Waals surface area (Å²) in [6.07, 6.45) is 0. The van der Waals surface area contributed by atoms with Gasteiger partial charge in [-0.2, -0.15) is 0 Å². The molecule has 0 bridgehead atoms. The van der Waals surface area contributed by atoms with Crippen LogP contribution in [0.5, 0.6) is 11.5 Å². The van der Waals surface area contributed by atoms with E-state index >= 15 is 0 Å². The zero-order valence-electron chi connectivity index (χ0n) is 15.4. The lowest BCUT2D eigenvalue weighted by atomic mass is 9.99. The summed E-state index contributed by atoms with van der Waals surface area (Å²) < 4.78 is 24.0. The lowest BCUT2D eigenvalue weighted by Gasteiger charge is -2.24. The molecule has 1 aromatic heterocycles. The highest BCUT2D eigenvalue weighted by Gasteiger charge is 2.47. The smallest absolute Gasteiger partial charge is 0.300 e. The lowest BCUT2D eigenvalue weighted by molar-refractivity contribution is -0.132. The zero-order chi connectivity index (χ0) is 20.8. The molecule has 1 atom stereocenters. The third-order valence-corrected chi connectivity index (χ3v) is 5.93. The number of ether oxygens (including phenoxy) is 2. The Balaban J connectivity index is 1.68. The quantitative estimate of drug-likeness (QED) is 0.387. The summed E-state index contributed by atoms with van der Waals surface area (Å²) in [5.74, 6) is -1.39. The number of carbonyl (C=O) groups excluding carboxylic acids is 2. The molecule has 0 saturated carbocycles. The van der Waals surface area contributed by atoms with Crippen LogP contribution in [0.1, 0.15) is 16.5 Å². The van der Waals surface area contributed by atoms with Crippen molar-refractivity contribution < 1.29 is 28.6 Å². The number of benzene rings is 2. The molecule has 1 fully saturated rings. The van der Waals surface area contributed by atoms with Gasteiger partial charge < -0.3 is 14.6 Å². The third kappa shape index (κ3) is 2.84. The molecule has 0 aliphatic carbocycles. The maximum absolute atomic E-state index is 13.4. The van der Waals surface area contributed by atoms with E-state index in [1.807, 2.05) is 5.38 Å². The van der Waals surface area contributed by atoms with Crippen LogP contribution in [0, 0.1) is 5.82 Å². The number of aliphatic hydroxyl groups is 1. The largest absolute Gasteiger partial charge is 0.507 e. The van der Waals surface area contributed by atoms with Gasteiger partial charge in [0.05, 0.1) is 5.57 Å². The van der Waals surface area contributed by atoms with Crippen molar-refractivity contribution >= 4 is 34.5 Å². The number of hydrogen-bond donors (Lipinski definition) is 1. The number of nitrogens with zero attached hydrogens (tertiary/aromatic N) is 1. The average molecular weight is 423 g/mol. The van der Waals surface area contributed by atoms with E-state index < -0.39 is 23.5 Å². The molecule has 0 radical (unpaired) electrons. The molecular formula is C22H14FNO5S. The van der Waals surface area contributed by atoms with Crippen molar-refractivity contribution in [3.05, 3.63) is 81.8 Å². The summed E-state index contributed by atoms with van der Waals surface area (Å²) in [5.41, 5.74) is 0.658. The molecule has 2 aliphatic rings. The van der Waals surface area contributed by atoms with Gasteiger partial charge in [-0.15, -0.1) is 11.3 Å². The molecule has 150 valence electrons. The first kappa shape index (κ1) is 18.4. The van der Waals surface area contributed by atoms with E-state index in [0.29, 0.717) is 27.6 Å². The zero-order valence-corrected chi connectivity index (χ0v) is 16.2. The Kier molecular flexibility index (Phi) is 4.29. The van der Waals surface area contributed by atoms with Crippen molar-refractivity contribution in [2.24, 2.45) is 0 Å². The van der Waals surface area contributed by atoms with E-state index in [1.54, 1.807) is 30.3 Å². The summed E-state index contributed by atoms with van der Waals surface area (Å²) in [7, 11) is 0. The first-order valence-corrected chi connectivity index (χ1v) is 9.92. The Hall–Kier alpha value is -3.65. The highest BCUT2D eigenvalue weighted by Crippen LogP contribution is 2.44. The van der Waals surface area contributed by atoms with Crippen molar-refractivity contribution in [3.8, 4) is 11.5 Å². The number of thiophene rings is 1. The predicted octanol–water partition coefficient (Wildman–Crippen LogP) is 4.24. The van der Waals surface area contributed by atoms with Crippen LogP contribution < -0.4 is 14.4 Å². The molecule has 1 amide bonds. The fraction of sp³-hybridized carbons (Fsp3) is 0.0909. The Morgan fingerprint density at radius 3 is 2.57 bits per heavy atom. The van der Waals surface area contributed by atoms with Crippen molar-refractivity contribution in [3.63, 3.8) is 0 Å². The standard InChI is InChI=1S/C22H14FNO5S/c23-13-4-6-14(7-5-13)24-19(17-2-1-9-30-17)18(21(26)22(24)27)20(25)12-3-8-15-16(10-12)29-11-28-15/h1-10,19,25H,11H2/b20-18-. The van der Waals surface area contributed by atoms with Gasteiger partial charge in [0.15, 0.2) is 11.5 Å². The number of rotatable bonds is 3. The van der Waals surface area contributed by atoms with Crippen molar-refractivity contribution in [2.75, 3.05) is 11.7 Å².